The summed E-state index contributed by atoms with van der Waals surface area (Å²) in [5.74, 6) is -0.912. The number of para-hydroxylation sites is 1. The molecule has 3 rings (SSSR count). The second-order valence-corrected chi connectivity index (χ2v) is 8.60. The molecule has 0 aromatic heterocycles. The van der Waals surface area contributed by atoms with E-state index in [2.05, 4.69) is 9.71 Å². The maximum atomic E-state index is 12.8. The summed E-state index contributed by atoms with van der Waals surface area (Å²) in [6, 6.07) is 17.3. The summed E-state index contributed by atoms with van der Waals surface area (Å²) in [6.07, 6.45) is -1.05. The van der Waals surface area contributed by atoms with Crippen LogP contribution < -0.4 is 9.62 Å². The third-order valence-corrected chi connectivity index (χ3v) is 6.08. The highest BCUT2D eigenvalue weighted by Crippen LogP contribution is 2.22. The molecule has 1 N–H and O–H groups in total. The Hall–Kier alpha value is -3.71. The lowest BCUT2D eigenvalue weighted by Crippen LogP contribution is -2.40. The summed E-state index contributed by atoms with van der Waals surface area (Å²) >= 11 is 0. The van der Waals surface area contributed by atoms with E-state index in [1.165, 1.54) is 17.9 Å². The number of benzene rings is 2. The van der Waals surface area contributed by atoms with Crippen LogP contribution in [-0.4, -0.2) is 45.3 Å². The number of hydrogen-bond acceptors (Lipinski definition) is 7. The van der Waals surface area contributed by atoms with Crippen LogP contribution in [0.5, 0.6) is 0 Å². The molecule has 0 aliphatic carbocycles. The lowest BCUT2D eigenvalue weighted by molar-refractivity contribution is -0.153. The Bertz CT molecular complexity index is 1170. The van der Waals surface area contributed by atoms with E-state index in [1.54, 1.807) is 42.5 Å². The van der Waals surface area contributed by atoms with Gasteiger partial charge in [0.15, 0.2) is 6.10 Å². The molecule has 32 heavy (non-hydrogen) atoms. The molecule has 166 valence electrons. The van der Waals surface area contributed by atoms with Crippen LogP contribution in [0.3, 0.4) is 0 Å². The van der Waals surface area contributed by atoms with Gasteiger partial charge < -0.3 is 9.64 Å². The van der Waals surface area contributed by atoms with Gasteiger partial charge in [0.1, 0.15) is 5.84 Å². The molecule has 0 unspecified atom stereocenters. The molecule has 1 heterocycles. The van der Waals surface area contributed by atoms with Gasteiger partial charge in [-0.05, 0) is 31.2 Å². The number of esters is 1. The Labute approximate surface area is 186 Å². The molecule has 0 saturated carbocycles. The quantitative estimate of drug-likeness (QED) is 0.608. The minimum absolute atomic E-state index is 0.0111. The fourth-order valence-corrected chi connectivity index (χ4v) is 4.42. The van der Waals surface area contributed by atoms with Gasteiger partial charge >= 0.3 is 5.97 Å². The molecule has 2 aromatic rings. The number of fused-ring (bicyclic) bond motifs is 1. The normalized spacial score (nSPS) is 15.8. The molecule has 0 bridgehead atoms. The number of hydrogen-bond donors (Lipinski definition) is 1. The van der Waals surface area contributed by atoms with Crippen molar-refractivity contribution < 1.29 is 22.7 Å². The molecule has 0 saturated heterocycles. The van der Waals surface area contributed by atoms with Crippen LogP contribution in [0.2, 0.25) is 0 Å². The first-order valence-corrected chi connectivity index (χ1v) is 11.4. The number of ether oxygens (including phenoxy) is 1. The highest BCUT2D eigenvalue weighted by molar-refractivity contribution is 7.90. The van der Waals surface area contributed by atoms with Gasteiger partial charge in [-0.2, -0.15) is 5.26 Å². The van der Waals surface area contributed by atoms with Crippen LogP contribution in [0.25, 0.3) is 0 Å². The van der Waals surface area contributed by atoms with Gasteiger partial charge in [0, 0.05) is 17.8 Å². The third-order valence-electron chi connectivity index (χ3n) is 4.69. The number of amidine groups is 1. The van der Waals surface area contributed by atoms with Gasteiger partial charge in [0.25, 0.3) is 15.9 Å². The summed E-state index contributed by atoms with van der Waals surface area (Å²) in [4.78, 5) is 30.8. The highest BCUT2D eigenvalue weighted by atomic mass is 32.2. The second-order valence-electron chi connectivity index (χ2n) is 6.95. The number of aliphatic imine (C=N–C) groups is 1. The molecule has 1 amide bonds. The minimum atomic E-state index is -3.65. The van der Waals surface area contributed by atoms with E-state index >= 15 is 0 Å². The van der Waals surface area contributed by atoms with Crippen LogP contribution in [0, 0.1) is 11.3 Å². The van der Waals surface area contributed by atoms with Crippen molar-refractivity contribution in [2.24, 2.45) is 4.99 Å². The Balaban J connectivity index is 1.59. The van der Waals surface area contributed by atoms with Crippen LogP contribution in [0.1, 0.15) is 25.3 Å². The molecule has 1 aliphatic rings. The Kier molecular flexibility index (Phi) is 7.22. The third kappa shape index (κ3) is 5.31. The predicted molar refractivity (Wildman–Crippen MR) is 117 cm³/mol. The number of carbonyl (C=O) groups excluding carboxylic acids is 2. The van der Waals surface area contributed by atoms with Crippen molar-refractivity contribution in [3.8, 4) is 6.07 Å². The average molecular weight is 455 g/mol. The topological polar surface area (TPSA) is 129 Å². The summed E-state index contributed by atoms with van der Waals surface area (Å²) in [5, 5.41) is 8.88. The zero-order valence-electron chi connectivity index (χ0n) is 17.4. The van der Waals surface area contributed by atoms with Crippen LogP contribution in [-0.2, 0) is 24.3 Å². The Morgan fingerprint density at radius 1 is 1.16 bits per heavy atom. The van der Waals surface area contributed by atoms with Gasteiger partial charge in [0.2, 0.25) is 0 Å². The van der Waals surface area contributed by atoms with Crippen molar-refractivity contribution in [3.63, 3.8) is 0 Å². The Morgan fingerprint density at radius 3 is 2.56 bits per heavy atom. The number of sulfonamides is 1. The van der Waals surface area contributed by atoms with E-state index in [0.717, 1.165) is 0 Å². The van der Waals surface area contributed by atoms with Crippen LogP contribution >= 0.6 is 0 Å². The SMILES string of the molecule is C[C@H](OC(=O)CCN=C1NS(=O)(=O)c2ccccc21)C(=O)N(CCC#N)c1ccccc1. The van der Waals surface area contributed by atoms with E-state index in [4.69, 9.17) is 10.00 Å². The zero-order chi connectivity index (χ0) is 23.1. The second kappa shape index (κ2) is 10.1. The smallest absolute Gasteiger partial charge is 0.308 e. The van der Waals surface area contributed by atoms with E-state index in [-0.39, 0.29) is 36.7 Å². The van der Waals surface area contributed by atoms with E-state index in [0.29, 0.717) is 11.3 Å². The average Bonchev–Trinajstić information content (AvgIpc) is 3.05. The van der Waals surface area contributed by atoms with Crippen molar-refractivity contribution in [2.45, 2.75) is 30.8 Å². The molecule has 10 heteroatoms. The Morgan fingerprint density at radius 2 is 1.84 bits per heavy atom. The molecule has 0 fully saturated rings. The molecular formula is C22H22N4O5S. The fraction of sp³-hybridized carbons (Fsp3) is 0.273. The van der Waals surface area contributed by atoms with Crippen molar-refractivity contribution in [1.82, 2.24) is 4.72 Å². The number of amides is 1. The molecule has 1 aliphatic heterocycles. The van der Waals surface area contributed by atoms with Gasteiger partial charge in [-0.25, -0.2) is 8.42 Å². The number of rotatable bonds is 8. The standard InChI is InChI=1S/C22H22N4O5S/c1-16(22(28)26(15-7-13-23)17-8-3-2-4-9-17)31-20(27)12-14-24-21-18-10-5-6-11-19(18)32(29,30)25-21/h2-6,8-11,16H,7,12,14-15H2,1H3,(H,24,25)/t16-/m0/s1. The molecule has 1 atom stereocenters. The van der Waals surface area contributed by atoms with E-state index in [9.17, 15) is 18.0 Å². The van der Waals surface area contributed by atoms with E-state index < -0.39 is 28.0 Å². The zero-order valence-corrected chi connectivity index (χ0v) is 18.2. The maximum absolute atomic E-state index is 12.8. The molecule has 0 radical (unpaired) electrons. The van der Waals surface area contributed by atoms with Crippen molar-refractivity contribution in [2.75, 3.05) is 18.0 Å². The van der Waals surface area contributed by atoms with Gasteiger partial charge in [-0.3, -0.25) is 19.3 Å². The van der Waals surface area contributed by atoms with Crippen molar-refractivity contribution in [1.29, 1.82) is 5.26 Å². The number of anilines is 1. The fourth-order valence-electron chi connectivity index (χ4n) is 3.17. The number of nitrogens with zero attached hydrogens (tertiary/aromatic N) is 3. The highest BCUT2D eigenvalue weighted by Gasteiger charge is 2.30. The predicted octanol–water partition coefficient (Wildman–Crippen LogP) is 1.99. The van der Waals surface area contributed by atoms with Crippen LogP contribution in [0.15, 0.2) is 64.5 Å². The molecule has 2 aromatic carbocycles. The monoisotopic (exact) mass is 454 g/mol. The van der Waals surface area contributed by atoms with E-state index in [1.807, 2.05) is 12.1 Å². The maximum Gasteiger partial charge on any atom is 0.308 e. The van der Waals surface area contributed by atoms with Crippen molar-refractivity contribution in [3.05, 3.63) is 60.2 Å². The molecule has 9 nitrogen and oxygen atoms in total. The van der Waals surface area contributed by atoms with Gasteiger partial charge in [0.05, 0.1) is 30.4 Å². The van der Waals surface area contributed by atoms with Gasteiger partial charge in [-0.15, -0.1) is 0 Å². The first kappa shape index (κ1) is 23.0. The largest absolute Gasteiger partial charge is 0.452 e. The van der Waals surface area contributed by atoms with Crippen molar-refractivity contribution >= 4 is 33.4 Å². The molecule has 0 spiro atoms. The summed E-state index contributed by atoms with van der Waals surface area (Å²) in [6.45, 7) is 1.63. The van der Waals surface area contributed by atoms with Gasteiger partial charge in [-0.1, -0.05) is 30.3 Å². The number of nitrogens with one attached hydrogen (secondary N) is 1. The first-order valence-electron chi connectivity index (χ1n) is 9.93. The number of carbonyl (C=O) groups is 2. The summed E-state index contributed by atoms with van der Waals surface area (Å²) in [7, 11) is -3.65. The summed E-state index contributed by atoms with van der Waals surface area (Å²) < 4.78 is 31.8. The first-order chi connectivity index (χ1) is 15.3. The number of nitriles is 1. The lowest BCUT2D eigenvalue weighted by atomic mass is 10.2. The summed E-state index contributed by atoms with van der Waals surface area (Å²) in [5.41, 5.74) is 1.05. The van der Waals surface area contributed by atoms with Crippen LogP contribution in [0.4, 0.5) is 5.69 Å². The minimum Gasteiger partial charge on any atom is -0.452 e. The molecular weight excluding hydrogens is 432 g/mol. The lowest BCUT2D eigenvalue weighted by Gasteiger charge is -2.25.